The Kier molecular flexibility index (Phi) is 2.34. The zero-order valence-electron chi connectivity index (χ0n) is 6.17. The minimum atomic E-state index is -1.75. The number of carbonyl (C=O) groups is 1. The summed E-state index contributed by atoms with van der Waals surface area (Å²) in [7, 11) is 0. The Hall–Kier alpha value is -0.690. The van der Waals surface area contributed by atoms with Gasteiger partial charge in [-0.1, -0.05) is 0 Å². The highest BCUT2D eigenvalue weighted by atomic mass is 16.6. The number of ether oxygens (including phenoxy) is 1. The molecule has 1 rings (SSSR count). The van der Waals surface area contributed by atoms with E-state index in [9.17, 15) is 4.79 Å². The minimum Gasteiger partial charge on any atom is -0.449 e. The maximum absolute atomic E-state index is 10.7. The van der Waals surface area contributed by atoms with Crippen molar-refractivity contribution in [2.24, 2.45) is 0 Å². The largest absolute Gasteiger partial charge is 0.449 e. The third-order valence-electron chi connectivity index (χ3n) is 1.92. The molecule has 6 nitrogen and oxygen atoms in total. The fraction of sp³-hybridized carbons (Fsp3) is 0.833. The van der Waals surface area contributed by atoms with Crippen LogP contribution in [0.5, 0.6) is 0 Å². The van der Waals surface area contributed by atoms with Crippen molar-refractivity contribution in [3.05, 3.63) is 0 Å². The van der Waals surface area contributed by atoms with Crippen LogP contribution < -0.4 is 0 Å². The van der Waals surface area contributed by atoms with Crippen LogP contribution in [0.2, 0.25) is 0 Å². The molecule has 0 amide bonds. The Morgan fingerprint density at radius 1 is 1.33 bits per heavy atom. The molecule has 1 aliphatic heterocycles. The van der Waals surface area contributed by atoms with Crippen molar-refractivity contribution < 1.29 is 30.0 Å². The van der Waals surface area contributed by atoms with E-state index < -0.39 is 37.0 Å². The summed E-state index contributed by atoms with van der Waals surface area (Å²) in [6, 6.07) is 0. The Bertz CT molecular complexity index is 186. The predicted molar refractivity (Wildman–Crippen MR) is 35.0 cm³/mol. The Morgan fingerprint density at radius 2 is 1.83 bits per heavy atom. The van der Waals surface area contributed by atoms with Crippen LogP contribution in [-0.2, 0) is 9.53 Å². The number of esters is 1. The van der Waals surface area contributed by atoms with Crippen LogP contribution in [0.25, 0.3) is 0 Å². The molecule has 0 radical (unpaired) electrons. The lowest BCUT2D eigenvalue weighted by atomic mass is 9.98. The summed E-state index contributed by atoms with van der Waals surface area (Å²) >= 11 is 0. The first kappa shape index (κ1) is 9.40. The van der Waals surface area contributed by atoms with Gasteiger partial charge in [0.1, 0.15) is 6.10 Å². The molecule has 0 spiro atoms. The molecule has 0 aromatic heterocycles. The molecule has 0 aromatic rings. The molecule has 0 aromatic carbocycles. The number of cyclic esters (lactones) is 1. The third kappa shape index (κ3) is 1.09. The van der Waals surface area contributed by atoms with Gasteiger partial charge in [-0.05, 0) is 0 Å². The number of carbonyl (C=O) groups excluding carboxylic acids is 1. The van der Waals surface area contributed by atoms with E-state index in [0.717, 1.165) is 0 Å². The summed E-state index contributed by atoms with van der Waals surface area (Å²) in [4.78, 5) is 10.7. The second-order valence-electron chi connectivity index (χ2n) is 2.69. The number of hydrogen-bond donors (Lipinski definition) is 4. The third-order valence-corrected chi connectivity index (χ3v) is 1.92. The Morgan fingerprint density at radius 3 is 2.00 bits per heavy atom. The second kappa shape index (κ2) is 2.98. The van der Waals surface area contributed by atoms with Gasteiger partial charge in [-0.2, -0.15) is 0 Å². The molecule has 6 heteroatoms. The summed E-state index contributed by atoms with van der Waals surface area (Å²) in [5.41, 5.74) is -1.75. The highest BCUT2D eigenvalue weighted by Crippen LogP contribution is 2.26. The summed E-state index contributed by atoms with van der Waals surface area (Å²) in [6.45, 7) is -1.46. The number of hydrogen-bond acceptors (Lipinski definition) is 6. The van der Waals surface area contributed by atoms with Gasteiger partial charge in [0.05, 0.1) is 13.2 Å². The van der Waals surface area contributed by atoms with Crippen molar-refractivity contribution in [1.29, 1.82) is 0 Å². The molecule has 1 saturated heterocycles. The second-order valence-corrected chi connectivity index (χ2v) is 2.69. The number of aliphatic hydroxyl groups excluding tert-OH is 4. The number of aliphatic hydroxyl groups is 4. The quantitative estimate of drug-likeness (QED) is 0.335. The van der Waals surface area contributed by atoms with Crippen molar-refractivity contribution in [3.8, 4) is 0 Å². The molecule has 0 aliphatic carbocycles. The molecule has 0 unspecified atom stereocenters. The van der Waals surface area contributed by atoms with Gasteiger partial charge < -0.3 is 25.2 Å². The maximum Gasteiger partial charge on any atom is 0.338 e. The van der Waals surface area contributed by atoms with Crippen LogP contribution in [0, 0.1) is 0 Å². The topological polar surface area (TPSA) is 107 Å². The fourth-order valence-corrected chi connectivity index (χ4v) is 1.04. The summed E-state index contributed by atoms with van der Waals surface area (Å²) in [5, 5.41) is 35.5. The lowest BCUT2D eigenvalue weighted by Gasteiger charge is -2.25. The van der Waals surface area contributed by atoms with Crippen molar-refractivity contribution in [2.75, 3.05) is 13.2 Å². The van der Waals surface area contributed by atoms with E-state index in [0.29, 0.717) is 0 Å². The maximum atomic E-state index is 10.7. The van der Waals surface area contributed by atoms with Gasteiger partial charge in [0.15, 0.2) is 11.7 Å². The van der Waals surface area contributed by atoms with Crippen molar-refractivity contribution in [2.45, 2.75) is 17.8 Å². The smallest absolute Gasteiger partial charge is 0.338 e. The predicted octanol–water partition coefficient (Wildman–Crippen LogP) is -3.01. The van der Waals surface area contributed by atoms with Gasteiger partial charge in [0.2, 0.25) is 0 Å². The molecular formula is C6H10O6. The number of rotatable bonds is 2. The fourth-order valence-electron chi connectivity index (χ4n) is 1.04. The monoisotopic (exact) mass is 178 g/mol. The molecule has 4 N–H and O–H groups in total. The summed E-state index contributed by atoms with van der Waals surface area (Å²) < 4.78 is 4.43. The van der Waals surface area contributed by atoms with E-state index in [4.69, 9.17) is 20.4 Å². The van der Waals surface area contributed by atoms with Crippen molar-refractivity contribution in [3.63, 3.8) is 0 Å². The van der Waals surface area contributed by atoms with Crippen molar-refractivity contribution in [1.82, 2.24) is 0 Å². The average Bonchev–Trinajstić information content (AvgIpc) is 2.30. The molecule has 70 valence electrons. The molecule has 1 fully saturated rings. The molecule has 1 aliphatic rings. The first-order valence-electron chi connectivity index (χ1n) is 3.38. The molecule has 0 bridgehead atoms. The molecule has 12 heavy (non-hydrogen) atoms. The van der Waals surface area contributed by atoms with Crippen LogP contribution >= 0.6 is 0 Å². The molecule has 1 heterocycles. The normalized spacial score (nSPS) is 33.5. The van der Waals surface area contributed by atoms with Gasteiger partial charge >= 0.3 is 5.97 Å². The zero-order valence-corrected chi connectivity index (χ0v) is 6.17. The van der Waals surface area contributed by atoms with E-state index in [1.54, 1.807) is 0 Å². The molecule has 2 atom stereocenters. The van der Waals surface area contributed by atoms with Crippen LogP contribution in [0.1, 0.15) is 0 Å². The van der Waals surface area contributed by atoms with Crippen LogP contribution in [0.4, 0.5) is 0 Å². The van der Waals surface area contributed by atoms with Crippen molar-refractivity contribution >= 4 is 5.97 Å². The lowest BCUT2D eigenvalue weighted by Crippen LogP contribution is -2.49. The van der Waals surface area contributed by atoms with Crippen LogP contribution in [0.15, 0.2) is 0 Å². The van der Waals surface area contributed by atoms with Gasteiger partial charge in [0, 0.05) is 0 Å². The molecular weight excluding hydrogens is 168 g/mol. The SMILES string of the molecule is O=C1OC(CO)(CO)[C@H](O)[C@@H]1O. The highest BCUT2D eigenvalue weighted by Gasteiger charge is 2.54. The Balaban J connectivity index is 2.86. The van der Waals surface area contributed by atoms with Gasteiger partial charge in [-0.15, -0.1) is 0 Å². The summed E-state index contributed by atoms with van der Waals surface area (Å²) in [6.07, 6.45) is -3.27. The van der Waals surface area contributed by atoms with E-state index in [-0.39, 0.29) is 0 Å². The summed E-state index contributed by atoms with van der Waals surface area (Å²) in [5.74, 6) is -1.04. The average molecular weight is 178 g/mol. The van der Waals surface area contributed by atoms with Crippen LogP contribution in [0.3, 0.4) is 0 Å². The first-order chi connectivity index (χ1) is 5.57. The minimum absolute atomic E-state index is 0.729. The molecule has 0 saturated carbocycles. The van der Waals surface area contributed by atoms with E-state index in [1.807, 2.05) is 0 Å². The first-order valence-corrected chi connectivity index (χ1v) is 3.38. The Labute approximate surface area is 68.0 Å². The zero-order chi connectivity index (χ0) is 9.35. The van der Waals surface area contributed by atoms with E-state index in [2.05, 4.69) is 4.74 Å². The van der Waals surface area contributed by atoms with Gasteiger partial charge in [-0.3, -0.25) is 0 Å². The van der Waals surface area contributed by atoms with Crippen LogP contribution in [-0.4, -0.2) is 57.4 Å². The highest BCUT2D eigenvalue weighted by molar-refractivity contribution is 5.78. The van der Waals surface area contributed by atoms with E-state index in [1.165, 1.54) is 0 Å². The van der Waals surface area contributed by atoms with Gasteiger partial charge in [-0.25, -0.2) is 4.79 Å². The lowest BCUT2D eigenvalue weighted by molar-refractivity contribution is -0.162. The standard InChI is InChI=1S/C6H10O6/c7-1-6(2-8)4(10)3(9)5(11)12-6/h3-4,7-10H,1-2H2/t3-,4+/m0/s1. The van der Waals surface area contributed by atoms with Gasteiger partial charge in [0.25, 0.3) is 0 Å². The van der Waals surface area contributed by atoms with E-state index >= 15 is 0 Å².